The fraction of sp³-hybridized carbons (Fsp3) is 0.250. The Kier molecular flexibility index (Phi) is 9.09. The lowest BCUT2D eigenvalue weighted by Gasteiger charge is -2.28. The highest BCUT2D eigenvalue weighted by molar-refractivity contribution is 7.89. The van der Waals surface area contributed by atoms with Crippen LogP contribution >= 0.6 is 0 Å². The van der Waals surface area contributed by atoms with Crippen LogP contribution < -0.4 is 5.32 Å². The minimum atomic E-state index is -4.08. The van der Waals surface area contributed by atoms with E-state index in [1.54, 1.807) is 31.2 Å². The maximum Gasteiger partial charge on any atom is 0.357 e. The average molecular weight is 493 g/mol. The van der Waals surface area contributed by atoms with Gasteiger partial charge in [-0.15, -0.1) is 0 Å². The first-order chi connectivity index (χ1) is 16.8. The van der Waals surface area contributed by atoms with Crippen LogP contribution in [0.1, 0.15) is 37.0 Å². The fourth-order valence-corrected chi connectivity index (χ4v) is 5.00. The number of hydrogen-bond donors (Lipinski definition) is 1. The molecule has 0 radical (unpaired) electrons. The summed E-state index contributed by atoms with van der Waals surface area (Å²) in [6.45, 7) is 6.09. The summed E-state index contributed by atoms with van der Waals surface area (Å²) in [5, 5.41) is 3.23. The molecule has 1 N–H and O–H groups in total. The number of sulfonamides is 1. The largest absolute Gasteiger partial charge is 0.461 e. The highest BCUT2D eigenvalue weighted by Crippen LogP contribution is 2.26. The Balaban J connectivity index is 2.10. The molecule has 0 amide bonds. The highest BCUT2D eigenvalue weighted by atomic mass is 32.2. The van der Waals surface area contributed by atoms with Gasteiger partial charge in [0, 0.05) is 12.2 Å². The molecule has 184 valence electrons. The summed E-state index contributed by atoms with van der Waals surface area (Å²) in [6.07, 6.45) is 0.624. The lowest BCUT2D eigenvalue weighted by atomic mass is 10.2. The molecule has 3 rings (SSSR count). The van der Waals surface area contributed by atoms with E-state index in [-0.39, 0.29) is 23.7 Å². The van der Waals surface area contributed by atoms with Crippen LogP contribution in [0.15, 0.2) is 101 Å². The molecule has 0 saturated heterocycles. The van der Waals surface area contributed by atoms with Gasteiger partial charge in [-0.2, -0.15) is 0 Å². The Morgan fingerprint density at radius 1 is 0.886 bits per heavy atom. The van der Waals surface area contributed by atoms with Crippen molar-refractivity contribution in [2.75, 3.05) is 6.61 Å². The highest BCUT2D eigenvalue weighted by Gasteiger charge is 2.33. The number of carbonyl (C=O) groups excluding carboxylic acids is 1. The van der Waals surface area contributed by atoms with Crippen LogP contribution in [-0.4, -0.2) is 25.3 Å². The zero-order valence-electron chi connectivity index (χ0n) is 20.4. The van der Waals surface area contributed by atoms with Crippen LogP contribution in [0, 0.1) is 6.92 Å². The summed E-state index contributed by atoms with van der Waals surface area (Å²) in [7, 11) is -4.08. The minimum absolute atomic E-state index is 0.0159. The summed E-state index contributed by atoms with van der Waals surface area (Å²) < 4.78 is 34.4. The molecule has 6 nitrogen and oxygen atoms in total. The van der Waals surface area contributed by atoms with Gasteiger partial charge in [0.2, 0.25) is 0 Å². The fourth-order valence-electron chi connectivity index (χ4n) is 3.49. The van der Waals surface area contributed by atoms with E-state index in [2.05, 4.69) is 5.32 Å². The van der Waals surface area contributed by atoms with Gasteiger partial charge in [0.05, 0.1) is 18.0 Å². The molecule has 35 heavy (non-hydrogen) atoms. The number of allylic oxidation sites excluding steroid dienone is 1. The van der Waals surface area contributed by atoms with E-state index in [9.17, 15) is 13.2 Å². The normalized spacial score (nSPS) is 12.0. The maximum atomic E-state index is 13.9. The number of benzene rings is 3. The van der Waals surface area contributed by atoms with Crippen molar-refractivity contribution in [3.8, 4) is 0 Å². The molecule has 0 spiro atoms. The summed E-state index contributed by atoms with van der Waals surface area (Å²) in [5.41, 5.74) is 3.08. The number of esters is 1. The molecular weight excluding hydrogens is 460 g/mol. The first-order valence-electron chi connectivity index (χ1n) is 11.6. The van der Waals surface area contributed by atoms with Crippen molar-refractivity contribution in [1.29, 1.82) is 0 Å². The van der Waals surface area contributed by atoms with Crippen LogP contribution in [0.2, 0.25) is 0 Å². The van der Waals surface area contributed by atoms with Crippen molar-refractivity contribution < 1.29 is 17.9 Å². The topological polar surface area (TPSA) is 75.7 Å². The van der Waals surface area contributed by atoms with Crippen molar-refractivity contribution >= 4 is 16.0 Å². The number of nitrogens with zero attached hydrogens (tertiary/aromatic N) is 1. The van der Waals surface area contributed by atoms with Crippen LogP contribution in [0.5, 0.6) is 0 Å². The van der Waals surface area contributed by atoms with Gasteiger partial charge in [0.15, 0.2) is 5.70 Å². The lowest BCUT2D eigenvalue weighted by Crippen LogP contribution is -2.37. The Bertz CT molecular complexity index is 1240. The van der Waals surface area contributed by atoms with E-state index in [1.807, 2.05) is 74.5 Å². The van der Waals surface area contributed by atoms with E-state index in [1.165, 1.54) is 0 Å². The summed E-state index contributed by atoms with van der Waals surface area (Å²) in [6, 6.07) is 25.5. The van der Waals surface area contributed by atoms with Crippen LogP contribution in [-0.2, 0) is 32.6 Å². The molecule has 3 aromatic carbocycles. The number of carbonyl (C=O) groups is 1. The third kappa shape index (κ3) is 6.96. The van der Waals surface area contributed by atoms with E-state index in [4.69, 9.17) is 4.74 Å². The van der Waals surface area contributed by atoms with Crippen molar-refractivity contribution in [2.45, 2.75) is 45.2 Å². The third-order valence-corrected chi connectivity index (χ3v) is 7.17. The van der Waals surface area contributed by atoms with Crippen LogP contribution in [0.4, 0.5) is 0 Å². The zero-order chi connectivity index (χ0) is 25.3. The first-order valence-corrected chi connectivity index (χ1v) is 13.1. The maximum absolute atomic E-state index is 13.9. The Morgan fingerprint density at radius 3 is 2.03 bits per heavy atom. The van der Waals surface area contributed by atoms with Gasteiger partial charge < -0.3 is 10.1 Å². The van der Waals surface area contributed by atoms with Gasteiger partial charge in [-0.3, -0.25) is 4.31 Å². The SMILES string of the molecule is CCCOC(=O)/C(=C(/C)NCc1ccccc1)N(Cc1ccccc1)S(=O)(=O)c1ccc(C)cc1. The third-order valence-electron chi connectivity index (χ3n) is 5.41. The van der Waals surface area contributed by atoms with Gasteiger partial charge in [-0.1, -0.05) is 85.3 Å². The van der Waals surface area contributed by atoms with E-state index >= 15 is 0 Å². The minimum Gasteiger partial charge on any atom is -0.461 e. The monoisotopic (exact) mass is 492 g/mol. The molecule has 0 atom stereocenters. The lowest BCUT2D eigenvalue weighted by molar-refractivity contribution is -0.140. The number of rotatable bonds is 11. The van der Waals surface area contributed by atoms with Gasteiger partial charge >= 0.3 is 5.97 Å². The predicted octanol–water partition coefficient (Wildman–Crippen LogP) is 5.16. The first kappa shape index (κ1) is 26.0. The molecule has 0 unspecified atom stereocenters. The molecule has 0 fully saturated rings. The summed E-state index contributed by atoms with van der Waals surface area (Å²) >= 11 is 0. The zero-order valence-corrected chi connectivity index (χ0v) is 21.2. The van der Waals surface area contributed by atoms with E-state index in [0.29, 0.717) is 18.7 Å². The quantitative estimate of drug-likeness (QED) is 0.296. The Hall–Kier alpha value is -3.58. The van der Waals surface area contributed by atoms with Gasteiger partial charge in [-0.05, 0) is 43.5 Å². The molecule has 0 aliphatic carbocycles. The van der Waals surface area contributed by atoms with Crippen LogP contribution in [0.25, 0.3) is 0 Å². The second-order valence-corrected chi connectivity index (χ2v) is 10.1. The Labute approximate surface area is 208 Å². The molecular formula is C28H32N2O4S. The van der Waals surface area contributed by atoms with Crippen molar-refractivity contribution in [1.82, 2.24) is 9.62 Å². The molecule has 0 heterocycles. The van der Waals surface area contributed by atoms with Gasteiger partial charge in [0.1, 0.15) is 0 Å². The van der Waals surface area contributed by atoms with Crippen molar-refractivity contribution in [3.63, 3.8) is 0 Å². The van der Waals surface area contributed by atoms with E-state index < -0.39 is 16.0 Å². The number of hydrogen-bond acceptors (Lipinski definition) is 5. The number of aryl methyl sites for hydroxylation is 1. The average Bonchev–Trinajstić information content (AvgIpc) is 2.87. The van der Waals surface area contributed by atoms with Crippen LogP contribution in [0.3, 0.4) is 0 Å². The molecule has 0 aliphatic rings. The second-order valence-electron chi connectivity index (χ2n) is 8.26. The van der Waals surface area contributed by atoms with Gasteiger partial charge in [-0.25, -0.2) is 13.2 Å². The number of ether oxygens (including phenoxy) is 1. The molecule has 0 aliphatic heterocycles. The van der Waals surface area contributed by atoms with E-state index in [0.717, 1.165) is 21.0 Å². The predicted molar refractivity (Wildman–Crippen MR) is 138 cm³/mol. The standard InChI is InChI=1S/C28H32N2O4S/c1-4-19-34-28(31)27(23(3)29-20-24-11-7-5-8-12-24)30(21-25-13-9-6-10-14-25)35(32,33)26-17-15-22(2)16-18-26/h5-18,29H,4,19-21H2,1-3H3/b27-23+. The smallest absolute Gasteiger partial charge is 0.357 e. The molecule has 7 heteroatoms. The number of nitrogens with one attached hydrogen (secondary N) is 1. The van der Waals surface area contributed by atoms with Crippen molar-refractivity contribution in [3.05, 3.63) is 113 Å². The molecule has 3 aromatic rings. The molecule has 0 aromatic heterocycles. The van der Waals surface area contributed by atoms with Gasteiger partial charge in [0.25, 0.3) is 10.0 Å². The molecule has 0 bridgehead atoms. The molecule has 0 saturated carbocycles. The second kappa shape index (κ2) is 12.2. The Morgan fingerprint density at radius 2 is 1.46 bits per heavy atom. The summed E-state index contributed by atoms with van der Waals surface area (Å²) in [4.78, 5) is 13.4. The summed E-state index contributed by atoms with van der Waals surface area (Å²) in [5.74, 6) is -0.684. The van der Waals surface area contributed by atoms with Crippen molar-refractivity contribution in [2.24, 2.45) is 0 Å².